The molecule has 5 N–H and O–H groups in total. The highest BCUT2D eigenvalue weighted by Gasteiger charge is 2.27. The SMILES string of the molecule is NC(=O)C1CCN(CC(=O)Nc2ccc(Cl)c(N)c2)C1. The van der Waals surface area contributed by atoms with Crippen LogP contribution >= 0.6 is 11.6 Å². The summed E-state index contributed by atoms with van der Waals surface area (Å²) >= 11 is 5.81. The van der Waals surface area contributed by atoms with Crippen molar-refractivity contribution < 1.29 is 9.59 Å². The van der Waals surface area contributed by atoms with E-state index in [2.05, 4.69) is 5.32 Å². The molecule has 1 fully saturated rings. The van der Waals surface area contributed by atoms with Crippen LogP contribution in [0.2, 0.25) is 5.02 Å². The zero-order valence-electron chi connectivity index (χ0n) is 10.9. The van der Waals surface area contributed by atoms with Gasteiger partial charge in [-0.3, -0.25) is 14.5 Å². The van der Waals surface area contributed by atoms with Crippen LogP contribution < -0.4 is 16.8 Å². The number of nitrogens with zero attached hydrogens (tertiary/aromatic N) is 1. The number of carbonyl (C=O) groups excluding carboxylic acids is 2. The van der Waals surface area contributed by atoms with Gasteiger partial charge < -0.3 is 16.8 Å². The Morgan fingerprint density at radius 1 is 1.45 bits per heavy atom. The summed E-state index contributed by atoms with van der Waals surface area (Å²) in [5, 5.41) is 3.20. The van der Waals surface area contributed by atoms with Crippen LogP contribution in [0.25, 0.3) is 0 Å². The molecule has 1 saturated heterocycles. The van der Waals surface area contributed by atoms with Crippen LogP contribution in [0.3, 0.4) is 0 Å². The van der Waals surface area contributed by atoms with E-state index in [9.17, 15) is 9.59 Å². The zero-order valence-corrected chi connectivity index (χ0v) is 11.7. The van der Waals surface area contributed by atoms with Crippen LogP contribution in [-0.2, 0) is 9.59 Å². The summed E-state index contributed by atoms with van der Waals surface area (Å²) in [5.41, 5.74) is 11.9. The predicted octanol–water partition coefficient (Wildman–Crippen LogP) is 0.668. The Hall–Kier alpha value is -1.79. The van der Waals surface area contributed by atoms with E-state index in [1.165, 1.54) is 0 Å². The molecule has 1 aliphatic heterocycles. The molecule has 0 spiro atoms. The van der Waals surface area contributed by atoms with Gasteiger partial charge in [0.05, 0.1) is 23.2 Å². The van der Waals surface area contributed by atoms with Crippen molar-refractivity contribution in [2.45, 2.75) is 6.42 Å². The molecule has 1 atom stereocenters. The third kappa shape index (κ3) is 3.61. The number of nitrogens with two attached hydrogens (primary N) is 2. The molecule has 1 heterocycles. The van der Waals surface area contributed by atoms with Gasteiger partial charge in [0.2, 0.25) is 11.8 Å². The van der Waals surface area contributed by atoms with Gasteiger partial charge >= 0.3 is 0 Å². The molecule has 1 aromatic rings. The second kappa shape index (κ2) is 6.11. The van der Waals surface area contributed by atoms with E-state index in [1.54, 1.807) is 18.2 Å². The topological polar surface area (TPSA) is 101 Å². The van der Waals surface area contributed by atoms with Gasteiger partial charge in [-0.15, -0.1) is 0 Å². The van der Waals surface area contributed by atoms with Crippen molar-refractivity contribution in [1.82, 2.24) is 4.90 Å². The molecule has 7 heteroatoms. The average molecular weight is 297 g/mol. The molecule has 6 nitrogen and oxygen atoms in total. The van der Waals surface area contributed by atoms with Crippen molar-refractivity contribution in [3.05, 3.63) is 23.2 Å². The van der Waals surface area contributed by atoms with E-state index in [0.717, 1.165) is 0 Å². The second-order valence-corrected chi connectivity index (χ2v) is 5.31. The smallest absolute Gasteiger partial charge is 0.238 e. The Morgan fingerprint density at radius 2 is 2.20 bits per heavy atom. The molecule has 0 aliphatic carbocycles. The fourth-order valence-corrected chi connectivity index (χ4v) is 2.35. The van der Waals surface area contributed by atoms with E-state index >= 15 is 0 Å². The third-order valence-corrected chi connectivity index (χ3v) is 3.67. The highest BCUT2D eigenvalue weighted by Crippen LogP contribution is 2.22. The molecule has 0 radical (unpaired) electrons. The number of hydrogen-bond donors (Lipinski definition) is 3. The van der Waals surface area contributed by atoms with Crippen molar-refractivity contribution in [3.8, 4) is 0 Å². The lowest BCUT2D eigenvalue weighted by Crippen LogP contribution is -2.33. The van der Waals surface area contributed by atoms with Gasteiger partial charge in [0, 0.05) is 12.2 Å². The summed E-state index contributed by atoms with van der Waals surface area (Å²) in [6, 6.07) is 4.93. The summed E-state index contributed by atoms with van der Waals surface area (Å²) in [4.78, 5) is 24.9. The number of amides is 2. The number of likely N-dealkylation sites (tertiary alicyclic amines) is 1. The minimum Gasteiger partial charge on any atom is -0.397 e. The van der Waals surface area contributed by atoms with Crippen molar-refractivity contribution in [3.63, 3.8) is 0 Å². The molecule has 1 aromatic carbocycles. The first-order chi connectivity index (χ1) is 9.45. The number of hydrogen-bond acceptors (Lipinski definition) is 4. The van der Waals surface area contributed by atoms with Gasteiger partial charge in [-0.05, 0) is 31.2 Å². The lowest BCUT2D eigenvalue weighted by molar-refractivity contribution is -0.122. The van der Waals surface area contributed by atoms with Crippen molar-refractivity contribution in [2.24, 2.45) is 11.7 Å². The lowest BCUT2D eigenvalue weighted by Gasteiger charge is -2.15. The molecular formula is C13H17ClN4O2. The molecule has 0 aromatic heterocycles. The zero-order chi connectivity index (χ0) is 14.7. The van der Waals surface area contributed by atoms with Gasteiger partial charge in [0.15, 0.2) is 0 Å². The average Bonchev–Trinajstić information content (AvgIpc) is 2.82. The number of nitrogens with one attached hydrogen (secondary N) is 1. The monoisotopic (exact) mass is 296 g/mol. The van der Waals surface area contributed by atoms with E-state index in [4.69, 9.17) is 23.1 Å². The highest BCUT2D eigenvalue weighted by molar-refractivity contribution is 6.33. The molecule has 0 saturated carbocycles. The van der Waals surface area contributed by atoms with Crippen LogP contribution in [0.1, 0.15) is 6.42 Å². The van der Waals surface area contributed by atoms with E-state index < -0.39 is 0 Å². The standard InChI is InChI=1S/C13H17ClN4O2/c14-10-2-1-9(5-11(10)15)17-12(19)7-18-4-3-8(6-18)13(16)20/h1-2,5,8H,3-4,6-7,15H2,(H2,16,20)(H,17,19). The number of primary amides is 1. The summed E-state index contributed by atoms with van der Waals surface area (Å²) < 4.78 is 0. The number of anilines is 2. The maximum absolute atomic E-state index is 11.9. The predicted molar refractivity (Wildman–Crippen MR) is 78.2 cm³/mol. The van der Waals surface area contributed by atoms with Gasteiger partial charge in [0.25, 0.3) is 0 Å². The number of carbonyl (C=O) groups is 2. The summed E-state index contributed by atoms with van der Waals surface area (Å²) in [5.74, 6) is -0.621. The Morgan fingerprint density at radius 3 is 2.80 bits per heavy atom. The second-order valence-electron chi connectivity index (χ2n) is 4.91. The molecule has 20 heavy (non-hydrogen) atoms. The maximum Gasteiger partial charge on any atom is 0.238 e. The van der Waals surface area contributed by atoms with Crippen LogP contribution in [0.15, 0.2) is 18.2 Å². The Bertz CT molecular complexity index is 535. The molecule has 1 aliphatic rings. The van der Waals surface area contributed by atoms with Crippen LogP contribution in [-0.4, -0.2) is 36.3 Å². The normalized spacial score (nSPS) is 18.9. The number of benzene rings is 1. The van der Waals surface area contributed by atoms with Crippen LogP contribution in [0.5, 0.6) is 0 Å². The van der Waals surface area contributed by atoms with Crippen LogP contribution in [0, 0.1) is 5.92 Å². The number of nitrogen functional groups attached to an aromatic ring is 1. The van der Waals surface area contributed by atoms with Crippen molar-refractivity contribution in [1.29, 1.82) is 0 Å². The Kier molecular flexibility index (Phi) is 4.46. The molecule has 1 unspecified atom stereocenters. The molecule has 2 amide bonds. The van der Waals surface area contributed by atoms with Gasteiger partial charge in [-0.1, -0.05) is 11.6 Å². The maximum atomic E-state index is 11.9. The van der Waals surface area contributed by atoms with Gasteiger partial charge in [0.1, 0.15) is 0 Å². The van der Waals surface area contributed by atoms with Crippen LogP contribution in [0.4, 0.5) is 11.4 Å². The quantitative estimate of drug-likeness (QED) is 0.711. The molecule has 2 rings (SSSR count). The van der Waals surface area contributed by atoms with E-state index in [0.29, 0.717) is 35.9 Å². The summed E-state index contributed by atoms with van der Waals surface area (Å²) in [7, 11) is 0. The first kappa shape index (κ1) is 14.6. The van der Waals surface area contributed by atoms with Gasteiger partial charge in [-0.2, -0.15) is 0 Å². The molecular weight excluding hydrogens is 280 g/mol. The number of rotatable bonds is 4. The minimum absolute atomic E-state index is 0.156. The largest absolute Gasteiger partial charge is 0.397 e. The van der Waals surface area contributed by atoms with Crippen molar-refractivity contribution in [2.75, 3.05) is 30.7 Å². The van der Waals surface area contributed by atoms with Crippen molar-refractivity contribution >= 4 is 34.8 Å². The molecule has 0 bridgehead atoms. The fraction of sp³-hybridized carbons (Fsp3) is 0.385. The minimum atomic E-state index is -0.307. The van der Waals surface area contributed by atoms with E-state index in [1.807, 2.05) is 4.90 Å². The first-order valence-electron chi connectivity index (χ1n) is 6.32. The third-order valence-electron chi connectivity index (χ3n) is 3.32. The lowest BCUT2D eigenvalue weighted by atomic mass is 10.1. The summed E-state index contributed by atoms with van der Waals surface area (Å²) in [6.07, 6.45) is 0.705. The first-order valence-corrected chi connectivity index (χ1v) is 6.70. The Balaban J connectivity index is 1.87. The van der Waals surface area contributed by atoms with E-state index in [-0.39, 0.29) is 24.3 Å². The Labute approximate surface area is 122 Å². The summed E-state index contributed by atoms with van der Waals surface area (Å²) in [6.45, 7) is 1.46. The van der Waals surface area contributed by atoms with Gasteiger partial charge in [-0.25, -0.2) is 0 Å². The number of halogens is 1. The molecule has 108 valence electrons. The highest BCUT2D eigenvalue weighted by atomic mass is 35.5. The fourth-order valence-electron chi connectivity index (χ4n) is 2.23.